The second-order valence-corrected chi connectivity index (χ2v) is 4.98. The lowest BCUT2D eigenvalue weighted by molar-refractivity contribution is -0.128. The molecule has 1 atom stereocenters. The van der Waals surface area contributed by atoms with Gasteiger partial charge in [0.05, 0.1) is 0 Å². The van der Waals surface area contributed by atoms with Gasteiger partial charge in [-0.1, -0.05) is 13.0 Å². The zero-order valence-electron chi connectivity index (χ0n) is 11.6. The molecule has 5 heteroatoms. The lowest BCUT2D eigenvalue weighted by Crippen LogP contribution is -2.52. The molecule has 0 saturated carbocycles. The Hall–Kier alpha value is -1.91. The topological polar surface area (TPSA) is 49.4 Å². The molecule has 0 unspecified atom stereocenters. The zero-order chi connectivity index (χ0) is 14.5. The van der Waals surface area contributed by atoms with Crippen LogP contribution in [0.5, 0.6) is 0 Å². The molecule has 1 N–H and O–H groups in total. The van der Waals surface area contributed by atoms with Crippen molar-refractivity contribution >= 4 is 17.5 Å². The molecule has 0 aliphatic carbocycles. The Morgan fingerprint density at radius 2 is 2.30 bits per heavy atom. The Balaban J connectivity index is 2.08. The predicted octanol–water partition coefficient (Wildman–Crippen LogP) is 2.24. The van der Waals surface area contributed by atoms with Crippen molar-refractivity contribution in [1.82, 2.24) is 5.32 Å². The number of hydrogen-bond donors (Lipinski definition) is 1. The standard InChI is InChI=1S/C15H19FN2O2/c1-2-5-14(19)17-13-8-4-9-18(15(13)20)12-7-3-6-11(16)10-12/h3,6-7,10,13H,2,4-5,8-9H2,1H3,(H,17,19)/t13-/m0/s1. The summed E-state index contributed by atoms with van der Waals surface area (Å²) >= 11 is 0. The smallest absolute Gasteiger partial charge is 0.249 e. The molecule has 108 valence electrons. The molecule has 0 radical (unpaired) electrons. The third kappa shape index (κ3) is 3.35. The van der Waals surface area contributed by atoms with Crippen molar-refractivity contribution in [3.8, 4) is 0 Å². The Morgan fingerprint density at radius 1 is 1.50 bits per heavy atom. The van der Waals surface area contributed by atoms with Crippen LogP contribution >= 0.6 is 0 Å². The van der Waals surface area contributed by atoms with Crippen molar-refractivity contribution in [2.45, 2.75) is 38.6 Å². The average Bonchev–Trinajstić information content (AvgIpc) is 2.41. The van der Waals surface area contributed by atoms with Gasteiger partial charge in [-0.05, 0) is 37.5 Å². The second-order valence-electron chi connectivity index (χ2n) is 4.98. The fraction of sp³-hybridized carbons (Fsp3) is 0.467. The van der Waals surface area contributed by atoms with Crippen molar-refractivity contribution in [3.63, 3.8) is 0 Å². The van der Waals surface area contributed by atoms with E-state index in [1.165, 1.54) is 12.1 Å². The second kappa shape index (κ2) is 6.50. The number of carbonyl (C=O) groups is 2. The summed E-state index contributed by atoms with van der Waals surface area (Å²) in [5, 5.41) is 2.76. The molecular formula is C15H19FN2O2. The number of hydrogen-bond acceptors (Lipinski definition) is 2. The highest BCUT2D eigenvalue weighted by Crippen LogP contribution is 2.21. The van der Waals surface area contributed by atoms with E-state index < -0.39 is 6.04 Å². The van der Waals surface area contributed by atoms with Crippen LogP contribution in [0.1, 0.15) is 32.6 Å². The Labute approximate surface area is 118 Å². The van der Waals surface area contributed by atoms with E-state index in [-0.39, 0.29) is 17.6 Å². The number of nitrogens with one attached hydrogen (secondary N) is 1. The molecule has 0 bridgehead atoms. The van der Waals surface area contributed by atoms with Gasteiger partial charge in [0.15, 0.2) is 0 Å². The first-order chi connectivity index (χ1) is 9.61. The van der Waals surface area contributed by atoms with E-state index in [0.29, 0.717) is 25.1 Å². The summed E-state index contributed by atoms with van der Waals surface area (Å²) in [5.74, 6) is -0.634. The zero-order valence-corrected chi connectivity index (χ0v) is 11.6. The Bertz CT molecular complexity index is 504. The summed E-state index contributed by atoms with van der Waals surface area (Å²) in [4.78, 5) is 25.5. The summed E-state index contributed by atoms with van der Waals surface area (Å²) in [6, 6.07) is 5.48. The predicted molar refractivity (Wildman–Crippen MR) is 74.8 cm³/mol. The van der Waals surface area contributed by atoms with Crippen LogP contribution in [0.3, 0.4) is 0 Å². The van der Waals surface area contributed by atoms with Crippen LogP contribution in [0.4, 0.5) is 10.1 Å². The molecule has 1 fully saturated rings. The van der Waals surface area contributed by atoms with Gasteiger partial charge in [-0.3, -0.25) is 9.59 Å². The van der Waals surface area contributed by atoms with Crippen LogP contribution in [-0.2, 0) is 9.59 Å². The van der Waals surface area contributed by atoms with Crippen LogP contribution in [0.15, 0.2) is 24.3 Å². The van der Waals surface area contributed by atoms with Gasteiger partial charge in [-0.15, -0.1) is 0 Å². The number of anilines is 1. The van der Waals surface area contributed by atoms with E-state index in [9.17, 15) is 14.0 Å². The maximum Gasteiger partial charge on any atom is 0.249 e. The van der Waals surface area contributed by atoms with Crippen LogP contribution in [-0.4, -0.2) is 24.4 Å². The fourth-order valence-corrected chi connectivity index (χ4v) is 2.40. The molecule has 1 heterocycles. The molecule has 4 nitrogen and oxygen atoms in total. The summed E-state index contributed by atoms with van der Waals surface area (Å²) in [5.41, 5.74) is 0.546. The maximum atomic E-state index is 13.2. The highest BCUT2D eigenvalue weighted by atomic mass is 19.1. The van der Waals surface area contributed by atoms with E-state index in [0.717, 1.165) is 12.8 Å². The van der Waals surface area contributed by atoms with Gasteiger partial charge >= 0.3 is 0 Å². The van der Waals surface area contributed by atoms with Crippen LogP contribution in [0, 0.1) is 5.82 Å². The van der Waals surface area contributed by atoms with Crippen LogP contribution in [0.2, 0.25) is 0 Å². The van der Waals surface area contributed by atoms with E-state index in [4.69, 9.17) is 0 Å². The number of amides is 2. The molecule has 20 heavy (non-hydrogen) atoms. The van der Waals surface area contributed by atoms with Gasteiger partial charge in [0.1, 0.15) is 11.9 Å². The van der Waals surface area contributed by atoms with Crippen molar-refractivity contribution in [2.75, 3.05) is 11.4 Å². The highest BCUT2D eigenvalue weighted by Gasteiger charge is 2.30. The number of rotatable bonds is 4. The van der Waals surface area contributed by atoms with Gasteiger partial charge in [-0.2, -0.15) is 0 Å². The normalized spacial score (nSPS) is 19.0. The first-order valence-corrected chi connectivity index (χ1v) is 6.98. The van der Waals surface area contributed by atoms with E-state index in [1.54, 1.807) is 17.0 Å². The minimum Gasteiger partial charge on any atom is -0.344 e. The largest absolute Gasteiger partial charge is 0.344 e. The third-order valence-corrected chi connectivity index (χ3v) is 3.37. The van der Waals surface area contributed by atoms with Crippen molar-refractivity contribution < 1.29 is 14.0 Å². The van der Waals surface area contributed by atoms with Crippen molar-refractivity contribution in [1.29, 1.82) is 0 Å². The average molecular weight is 278 g/mol. The fourth-order valence-electron chi connectivity index (χ4n) is 2.40. The molecule has 0 spiro atoms. The number of benzene rings is 1. The van der Waals surface area contributed by atoms with E-state index >= 15 is 0 Å². The Morgan fingerprint density at radius 3 is 3.00 bits per heavy atom. The van der Waals surface area contributed by atoms with Gasteiger partial charge in [-0.25, -0.2) is 4.39 Å². The minimum atomic E-state index is -0.494. The van der Waals surface area contributed by atoms with Crippen molar-refractivity contribution in [3.05, 3.63) is 30.1 Å². The first-order valence-electron chi connectivity index (χ1n) is 6.98. The molecular weight excluding hydrogens is 259 g/mol. The summed E-state index contributed by atoms with van der Waals surface area (Å²) < 4.78 is 13.2. The minimum absolute atomic E-state index is 0.105. The summed E-state index contributed by atoms with van der Waals surface area (Å²) in [6.45, 7) is 2.48. The van der Waals surface area contributed by atoms with E-state index in [2.05, 4.69) is 5.32 Å². The first kappa shape index (κ1) is 14.5. The number of nitrogens with zero attached hydrogens (tertiary/aromatic N) is 1. The number of halogens is 1. The monoisotopic (exact) mass is 278 g/mol. The van der Waals surface area contributed by atoms with Crippen molar-refractivity contribution in [2.24, 2.45) is 0 Å². The molecule has 1 aliphatic heterocycles. The molecule has 1 aromatic carbocycles. The van der Waals surface area contributed by atoms with Crippen LogP contribution < -0.4 is 10.2 Å². The van der Waals surface area contributed by atoms with Gasteiger partial charge in [0, 0.05) is 18.7 Å². The molecule has 1 aromatic rings. The molecule has 1 saturated heterocycles. The SMILES string of the molecule is CCCC(=O)N[C@H]1CCCN(c2cccc(F)c2)C1=O. The van der Waals surface area contributed by atoms with Crippen LogP contribution in [0.25, 0.3) is 0 Å². The number of piperidine rings is 1. The van der Waals surface area contributed by atoms with E-state index in [1.807, 2.05) is 6.92 Å². The van der Waals surface area contributed by atoms with Gasteiger partial charge in [0.2, 0.25) is 11.8 Å². The quantitative estimate of drug-likeness (QED) is 0.918. The maximum absolute atomic E-state index is 13.2. The Kier molecular flexibility index (Phi) is 4.71. The molecule has 1 aliphatic rings. The lowest BCUT2D eigenvalue weighted by Gasteiger charge is -2.32. The van der Waals surface area contributed by atoms with Gasteiger partial charge < -0.3 is 10.2 Å². The molecule has 0 aromatic heterocycles. The molecule has 2 rings (SSSR count). The third-order valence-electron chi connectivity index (χ3n) is 3.37. The van der Waals surface area contributed by atoms with Gasteiger partial charge in [0.25, 0.3) is 0 Å². The highest BCUT2D eigenvalue weighted by molar-refractivity contribution is 5.99. The number of carbonyl (C=O) groups excluding carboxylic acids is 2. The lowest BCUT2D eigenvalue weighted by atomic mass is 10.0. The summed E-state index contributed by atoms with van der Waals surface area (Å²) in [6.07, 6.45) is 2.60. The summed E-state index contributed by atoms with van der Waals surface area (Å²) in [7, 11) is 0. The molecule has 2 amide bonds.